The summed E-state index contributed by atoms with van der Waals surface area (Å²) in [6, 6.07) is 15.4. The first-order valence-electron chi connectivity index (χ1n) is 7.57. The van der Waals surface area contributed by atoms with E-state index < -0.39 is 5.60 Å². The van der Waals surface area contributed by atoms with E-state index >= 15 is 0 Å². The average Bonchev–Trinajstić information content (AvgIpc) is 2.55. The number of ether oxygens (including phenoxy) is 3. The molecular formula is C19H22O4. The number of esters is 1. The van der Waals surface area contributed by atoms with Crippen LogP contribution in [0, 0.1) is 0 Å². The highest BCUT2D eigenvalue weighted by atomic mass is 16.6. The molecule has 0 radical (unpaired) electrons. The van der Waals surface area contributed by atoms with Crippen molar-refractivity contribution < 1.29 is 19.0 Å². The van der Waals surface area contributed by atoms with Crippen molar-refractivity contribution in [1.29, 1.82) is 0 Å². The molecule has 0 unspecified atom stereocenters. The van der Waals surface area contributed by atoms with Crippen LogP contribution in [0.2, 0.25) is 0 Å². The second-order valence-corrected chi connectivity index (χ2v) is 5.59. The predicted molar refractivity (Wildman–Crippen MR) is 89.8 cm³/mol. The Hall–Kier alpha value is -2.49. The van der Waals surface area contributed by atoms with Crippen LogP contribution in [-0.2, 0) is 9.53 Å². The fourth-order valence-electron chi connectivity index (χ4n) is 2.18. The summed E-state index contributed by atoms with van der Waals surface area (Å²) in [5, 5.41) is 0. The van der Waals surface area contributed by atoms with E-state index in [2.05, 4.69) is 0 Å². The Kier molecular flexibility index (Phi) is 5.27. The van der Waals surface area contributed by atoms with Gasteiger partial charge in [0.05, 0.1) is 13.7 Å². The quantitative estimate of drug-likeness (QED) is 0.754. The molecule has 23 heavy (non-hydrogen) atoms. The molecule has 0 saturated heterocycles. The maximum Gasteiger partial charge on any atom is 0.349 e. The molecule has 122 valence electrons. The second-order valence-electron chi connectivity index (χ2n) is 5.59. The SMILES string of the molecule is CCOC(=O)C(C)(C)Oc1cccc(-c2cccc(OC)c2)c1. The molecule has 2 aromatic carbocycles. The minimum atomic E-state index is -1.04. The summed E-state index contributed by atoms with van der Waals surface area (Å²) in [5.74, 6) is 1.02. The third-order valence-corrected chi connectivity index (χ3v) is 3.38. The predicted octanol–water partition coefficient (Wildman–Crippen LogP) is 4.08. The van der Waals surface area contributed by atoms with Crippen LogP contribution in [0.4, 0.5) is 0 Å². The maximum absolute atomic E-state index is 11.9. The van der Waals surface area contributed by atoms with Gasteiger partial charge in [0, 0.05) is 0 Å². The summed E-state index contributed by atoms with van der Waals surface area (Å²) in [7, 11) is 1.64. The lowest BCUT2D eigenvalue weighted by Crippen LogP contribution is -2.39. The number of hydrogen-bond acceptors (Lipinski definition) is 4. The van der Waals surface area contributed by atoms with Crippen molar-refractivity contribution in [3.63, 3.8) is 0 Å². The highest BCUT2D eigenvalue weighted by molar-refractivity contribution is 5.79. The van der Waals surface area contributed by atoms with Crippen molar-refractivity contribution in [2.45, 2.75) is 26.4 Å². The van der Waals surface area contributed by atoms with E-state index in [0.29, 0.717) is 12.4 Å². The number of carbonyl (C=O) groups excluding carboxylic acids is 1. The van der Waals surface area contributed by atoms with Crippen molar-refractivity contribution in [2.75, 3.05) is 13.7 Å². The van der Waals surface area contributed by atoms with E-state index in [1.165, 1.54) is 0 Å². The van der Waals surface area contributed by atoms with Gasteiger partial charge in [-0.3, -0.25) is 0 Å². The molecule has 2 aromatic rings. The summed E-state index contributed by atoms with van der Waals surface area (Å²) in [4.78, 5) is 11.9. The zero-order chi connectivity index (χ0) is 16.9. The first-order valence-corrected chi connectivity index (χ1v) is 7.57. The molecule has 4 heteroatoms. The van der Waals surface area contributed by atoms with Crippen LogP contribution in [0.1, 0.15) is 20.8 Å². The van der Waals surface area contributed by atoms with E-state index in [1.54, 1.807) is 27.9 Å². The van der Waals surface area contributed by atoms with Crippen LogP contribution in [-0.4, -0.2) is 25.3 Å². The average molecular weight is 314 g/mol. The monoisotopic (exact) mass is 314 g/mol. The van der Waals surface area contributed by atoms with Gasteiger partial charge in [-0.2, -0.15) is 0 Å². The van der Waals surface area contributed by atoms with Crippen LogP contribution in [0.25, 0.3) is 11.1 Å². The zero-order valence-corrected chi connectivity index (χ0v) is 14.0. The Morgan fingerprint density at radius 3 is 2.13 bits per heavy atom. The van der Waals surface area contributed by atoms with E-state index in [0.717, 1.165) is 16.9 Å². The molecule has 4 nitrogen and oxygen atoms in total. The van der Waals surface area contributed by atoms with Gasteiger partial charge in [-0.15, -0.1) is 0 Å². The van der Waals surface area contributed by atoms with Crippen molar-refractivity contribution in [2.24, 2.45) is 0 Å². The van der Waals surface area contributed by atoms with Gasteiger partial charge in [0.15, 0.2) is 5.60 Å². The van der Waals surface area contributed by atoms with Crippen LogP contribution in [0.5, 0.6) is 11.5 Å². The lowest BCUT2D eigenvalue weighted by atomic mass is 10.0. The van der Waals surface area contributed by atoms with E-state index in [9.17, 15) is 4.79 Å². The van der Waals surface area contributed by atoms with Crippen LogP contribution < -0.4 is 9.47 Å². The summed E-state index contributed by atoms with van der Waals surface area (Å²) in [6.07, 6.45) is 0. The van der Waals surface area contributed by atoms with Gasteiger partial charge in [0.25, 0.3) is 0 Å². The molecule has 0 aliphatic rings. The number of rotatable bonds is 6. The second kappa shape index (κ2) is 7.18. The minimum absolute atomic E-state index is 0.329. The van der Waals surface area contributed by atoms with Crippen molar-refractivity contribution >= 4 is 5.97 Å². The molecular weight excluding hydrogens is 292 g/mol. The molecule has 0 atom stereocenters. The number of carbonyl (C=O) groups is 1. The molecule has 0 heterocycles. The van der Waals surface area contributed by atoms with Gasteiger partial charge in [-0.25, -0.2) is 4.79 Å². The smallest absolute Gasteiger partial charge is 0.349 e. The summed E-state index contributed by atoms with van der Waals surface area (Å²) >= 11 is 0. The van der Waals surface area contributed by atoms with Gasteiger partial charge >= 0.3 is 5.97 Å². The molecule has 2 rings (SSSR count). The van der Waals surface area contributed by atoms with Crippen LogP contribution in [0.3, 0.4) is 0 Å². The lowest BCUT2D eigenvalue weighted by molar-refractivity contribution is -0.158. The molecule has 0 aliphatic heterocycles. The Labute approximate surface area is 137 Å². The molecule has 0 saturated carbocycles. The summed E-state index contributed by atoms with van der Waals surface area (Å²) in [6.45, 7) is 5.50. The first-order chi connectivity index (χ1) is 11.0. The normalized spacial score (nSPS) is 11.0. The Balaban J connectivity index is 2.24. The van der Waals surface area contributed by atoms with Crippen molar-refractivity contribution in [3.05, 3.63) is 48.5 Å². The maximum atomic E-state index is 11.9. The molecule has 0 amide bonds. The highest BCUT2D eigenvalue weighted by Gasteiger charge is 2.31. The summed E-state index contributed by atoms with van der Waals surface area (Å²) < 4.78 is 16.1. The van der Waals surface area contributed by atoms with Crippen molar-refractivity contribution in [1.82, 2.24) is 0 Å². The largest absolute Gasteiger partial charge is 0.497 e. The lowest BCUT2D eigenvalue weighted by Gasteiger charge is -2.24. The third-order valence-electron chi connectivity index (χ3n) is 3.38. The standard InChI is InChI=1S/C19H22O4/c1-5-22-18(20)19(2,3)23-17-11-7-9-15(13-17)14-8-6-10-16(12-14)21-4/h6-13H,5H2,1-4H3. The van der Waals surface area contributed by atoms with Crippen LogP contribution >= 0.6 is 0 Å². The van der Waals surface area contributed by atoms with E-state index in [1.807, 2.05) is 48.5 Å². The zero-order valence-electron chi connectivity index (χ0n) is 14.0. The minimum Gasteiger partial charge on any atom is -0.497 e. The fourth-order valence-corrected chi connectivity index (χ4v) is 2.18. The fraction of sp³-hybridized carbons (Fsp3) is 0.316. The van der Waals surface area contributed by atoms with Gasteiger partial charge in [0.2, 0.25) is 0 Å². The van der Waals surface area contributed by atoms with Gasteiger partial charge in [-0.1, -0.05) is 24.3 Å². The topological polar surface area (TPSA) is 44.8 Å². The number of benzene rings is 2. The van der Waals surface area contributed by atoms with E-state index in [-0.39, 0.29) is 5.97 Å². The molecule has 0 N–H and O–H groups in total. The molecule has 0 fully saturated rings. The Morgan fingerprint density at radius 2 is 1.57 bits per heavy atom. The first kappa shape index (κ1) is 16.9. The van der Waals surface area contributed by atoms with E-state index in [4.69, 9.17) is 14.2 Å². The Bertz CT molecular complexity index is 677. The third kappa shape index (κ3) is 4.25. The highest BCUT2D eigenvalue weighted by Crippen LogP contribution is 2.28. The number of hydrogen-bond donors (Lipinski definition) is 0. The van der Waals surface area contributed by atoms with Crippen LogP contribution in [0.15, 0.2) is 48.5 Å². The molecule has 0 aliphatic carbocycles. The molecule has 0 bridgehead atoms. The van der Waals surface area contributed by atoms with Gasteiger partial charge < -0.3 is 14.2 Å². The molecule has 0 spiro atoms. The Morgan fingerprint density at radius 1 is 1.00 bits per heavy atom. The van der Waals surface area contributed by atoms with Gasteiger partial charge in [-0.05, 0) is 56.2 Å². The summed E-state index contributed by atoms with van der Waals surface area (Å²) in [5.41, 5.74) is 0.966. The molecule has 0 aromatic heterocycles. The number of methoxy groups -OCH3 is 1. The van der Waals surface area contributed by atoms with Gasteiger partial charge in [0.1, 0.15) is 11.5 Å². The van der Waals surface area contributed by atoms with Crippen molar-refractivity contribution in [3.8, 4) is 22.6 Å².